The van der Waals surface area contributed by atoms with E-state index < -0.39 is 6.10 Å². The smallest absolute Gasteiger partial charge is 0.266 e. The molecule has 1 heterocycles. The Morgan fingerprint density at radius 2 is 1.79 bits per heavy atom. The highest BCUT2D eigenvalue weighted by Crippen LogP contribution is 2.22. The molecule has 3 aromatic rings. The van der Waals surface area contributed by atoms with Crippen molar-refractivity contribution in [2.24, 2.45) is 7.05 Å². The van der Waals surface area contributed by atoms with Gasteiger partial charge in [-0.25, -0.2) is 4.68 Å². The molecule has 1 atom stereocenters. The maximum Gasteiger partial charge on any atom is 0.266 e. The third-order valence-electron chi connectivity index (χ3n) is 4.64. The molecule has 1 N–H and O–H groups in total. The summed E-state index contributed by atoms with van der Waals surface area (Å²) in [5, 5.41) is 7.08. The van der Waals surface area contributed by atoms with E-state index in [0.717, 1.165) is 16.7 Å². The molecule has 6 heteroatoms. The van der Waals surface area contributed by atoms with Crippen molar-refractivity contribution >= 4 is 11.6 Å². The normalized spacial score (nSPS) is 11.7. The van der Waals surface area contributed by atoms with Gasteiger partial charge in [-0.05, 0) is 56.2 Å². The molecule has 0 radical (unpaired) electrons. The molecule has 1 amide bonds. The van der Waals surface area contributed by atoms with Crippen LogP contribution in [0.2, 0.25) is 0 Å². The van der Waals surface area contributed by atoms with Gasteiger partial charge in [0.1, 0.15) is 5.75 Å². The average molecular weight is 377 g/mol. The average Bonchev–Trinajstić information content (AvgIpc) is 2.68. The number of rotatable bonds is 5. The largest absolute Gasteiger partial charge is 0.481 e. The molecular weight excluding hydrogens is 354 g/mol. The van der Waals surface area contributed by atoms with Crippen LogP contribution in [0.1, 0.15) is 18.1 Å². The van der Waals surface area contributed by atoms with Crippen molar-refractivity contribution in [3.63, 3.8) is 0 Å². The molecule has 3 rings (SSSR count). The van der Waals surface area contributed by atoms with Gasteiger partial charge in [-0.3, -0.25) is 9.59 Å². The fourth-order valence-corrected chi connectivity index (χ4v) is 2.72. The summed E-state index contributed by atoms with van der Waals surface area (Å²) in [6.45, 7) is 5.70. The molecular formula is C22H23N3O3. The number of nitrogens with zero attached hydrogens (tertiary/aromatic N) is 2. The van der Waals surface area contributed by atoms with Gasteiger partial charge in [0.05, 0.1) is 5.69 Å². The summed E-state index contributed by atoms with van der Waals surface area (Å²) in [6.07, 6.45) is -0.634. The van der Waals surface area contributed by atoms with E-state index in [1.807, 2.05) is 44.2 Å². The first-order chi connectivity index (χ1) is 13.3. The van der Waals surface area contributed by atoms with E-state index in [1.54, 1.807) is 32.2 Å². The SMILES string of the molecule is Cc1cccc(OC(C)C(=O)Nc2ccc(-c3ccc(=O)n(C)n3)cc2)c1C. The van der Waals surface area contributed by atoms with Crippen LogP contribution >= 0.6 is 0 Å². The lowest BCUT2D eigenvalue weighted by Gasteiger charge is -2.17. The maximum atomic E-state index is 12.5. The van der Waals surface area contributed by atoms with E-state index in [1.165, 1.54) is 10.7 Å². The zero-order valence-electron chi connectivity index (χ0n) is 16.4. The summed E-state index contributed by atoms with van der Waals surface area (Å²) in [7, 11) is 1.61. The van der Waals surface area contributed by atoms with Crippen molar-refractivity contribution in [2.45, 2.75) is 26.9 Å². The van der Waals surface area contributed by atoms with Crippen molar-refractivity contribution in [1.29, 1.82) is 0 Å². The van der Waals surface area contributed by atoms with E-state index in [4.69, 9.17) is 4.74 Å². The molecule has 0 saturated heterocycles. The molecule has 0 fully saturated rings. The van der Waals surface area contributed by atoms with Gasteiger partial charge in [0, 0.05) is 24.4 Å². The Morgan fingerprint density at radius 3 is 2.46 bits per heavy atom. The van der Waals surface area contributed by atoms with E-state index in [-0.39, 0.29) is 11.5 Å². The number of carbonyl (C=O) groups is 1. The minimum Gasteiger partial charge on any atom is -0.481 e. The zero-order valence-corrected chi connectivity index (χ0v) is 16.4. The Bertz CT molecular complexity index is 1060. The Labute approximate surface area is 163 Å². The van der Waals surface area contributed by atoms with Crippen LogP contribution < -0.4 is 15.6 Å². The Balaban J connectivity index is 1.67. The highest BCUT2D eigenvalue weighted by molar-refractivity contribution is 5.94. The van der Waals surface area contributed by atoms with Gasteiger partial charge in [0.2, 0.25) is 0 Å². The number of hydrogen-bond acceptors (Lipinski definition) is 4. The number of aryl methyl sites for hydroxylation is 2. The monoisotopic (exact) mass is 377 g/mol. The molecule has 28 heavy (non-hydrogen) atoms. The van der Waals surface area contributed by atoms with Crippen molar-refractivity contribution < 1.29 is 9.53 Å². The van der Waals surface area contributed by atoms with Gasteiger partial charge in [-0.15, -0.1) is 0 Å². The predicted octanol–water partition coefficient (Wildman–Crippen LogP) is 3.47. The molecule has 2 aromatic carbocycles. The van der Waals surface area contributed by atoms with Gasteiger partial charge >= 0.3 is 0 Å². The minimum atomic E-state index is -0.634. The topological polar surface area (TPSA) is 73.2 Å². The van der Waals surface area contributed by atoms with Gasteiger partial charge in [-0.2, -0.15) is 5.10 Å². The van der Waals surface area contributed by atoms with Crippen molar-refractivity contribution in [3.05, 3.63) is 76.1 Å². The van der Waals surface area contributed by atoms with Crippen LogP contribution in [-0.2, 0) is 11.8 Å². The molecule has 6 nitrogen and oxygen atoms in total. The summed E-state index contributed by atoms with van der Waals surface area (Å²) < 4.78 is 7.11. The van der Waals surface area contributed by atoms with Gasteiger partial charge in [-0.1, -0.05) is 24.3 Å². The Hall–Kier alpha value is -3.41. The quantitative estimate of drug-likeness (QED) is 0.739. The van der Waals surface area contributed by atoms with Crippen LogP contribution in [-0.4, -0.2) is 21.8 Å². The highest BCUT2D eigenvalue weighted by atomic mass is 16.5. The van der Waals surface area contributed by atoms with Gasteiger partial charge in [0.15, 0.2) is 6.10 Å². The molecule has 0 aliphatic rings. The molecule has 144 valence electrons. The van der Waals surface area contributed by atoms with Crippen LogP contribution in [0, 0.1) is 13.8 Å². The van der Waals surface area contributed by atoms with E-state index >= 15 is 0 Å². The first-order valence-corrected chi connectivity index (χ1v) is 9.03. The number of anilines is 1. The fraction of sp³-hybridized carbons (Fsp3) is 0.227. The maximum absolute atomic E-state index is 12.5. The Morgan fingerprint density at radius 1 is 1.07 bits per heavy atom. The third kappa shape index (κ3) is 4.28. The number of ether oxygens (including phenoxy) is 1. The van der Waals surface area contributed by atoms with Crippen molar-refractivity contribution in [3.8, 4) is 17.0 Å². The lowest BCUT2D eigenvalue weighted by Crippen LogP contribution is -2.30. The minimum absolute atomic E-state index is 0.162. The summed E-state index contributed by atoms with van der Waals surface area (Å²) in [5.74, 6) is 0.479. The summed E-state index contributed by atoms with van der Waals surface area (Å²) in [6, 6.07) is 16.2. The lowest BCUT2D eigenvalue weighted by atomic mass is 10.1. The zero-order chi connectivity index (χ0) is 20.3. The molecule has 1 unspecified atom stereocenters. The predicted molar refractivity (Wildman–Crippen MR) is 110 cm³/mol. The fourth-order valence-electron chi connectivity index (χ4n) is 2.72. The summed E-state index contributed by atoms with van der Waals surface area (Å²) in [4.78, 5) is 23.9. The number of aromatic nitrogens is 2. The van der Waals surface area contributed by atoms with Gasteiger partial charge < -0.3 is 10.1 Å². The molecule has 0 spiro atoms. The van der Waals surface area contributed by atoms with Crippen LogP contribution in [0.4, 0.5) is 5.69 Å². The van der Waals surface area contributed by atoms with E-state index in [2.05, 4.69) is 10.4 Å². The Kier molecular flexibility index (Phi) is 5.59. The molecule has 0 aliphatic carbocycles. The van der Waals surface area contributed by atoms with Crippen LogP contribution in [0.25, 0.3) is 11.3 Å². The summed E-state index contributed by atoms with van der Waals surface area (Å²) in [5.41, 5.74) is 4.18. The summed E-state index contributed by atoms with van der Waals surface area (Å²) >= 11 is 0. The number of benzene rings is 2. The van der Waals surface area contributed by atoms with Crippen LogP contribution in [0.15, 0.2) is 59.4 Å². The third-order valence-corrected chi connectivity index (χ3v) is 4.64. The van der Waals surface area contributed by atoms with Crippen LogP contribution in [0.3, 0.4) is 0 Å². The molecule has 1 aromatic heterocycles. The van der Waals surface area contributed by atoms with Crippen molar-refractivity contribution in [1.82, 2.24) is 9.78 Å². The molecule has 0 saturated carbocycles. The van der Waals surface area contributed by atoms with E-state index in [0.29, 0.717) is 17.1 Å². The standard InChI is InChI=1S/C22H23N3O3/c1-14-6-5-7-20(15(14)2)28-16(3)22(27)23-18-10-8-17(9-11-18)19-12-13-21(26)25(4)24-19/h5-13,16H,1-4H3,(H,23,27). The van der Waals surface area contributed by atoms with E-state index in [9.17, 15) is 9.59 Å². The lowest BCUT2D eigenvalue weighted by molar-refractivity contribution is -0.122. The second-order valence-electron chi connectivity index (χ2n) is 6.71. The molecule has 0 bridgehead atoms. The van der Waals surface area contributed by atoms with Crippen molar-refractivity contribution in [2.75, 3.05) is 5.32 Å². The number of nitrogens with one attached hydrogen (secondary N) is 1. The van der Waals surface area contributed by atoms with Gasteiger partial charge in [0.25, 0.3) is 11.5 Å². The van der Waals surface area contributed by atoms with Crippen LogP contribution in [0.5, 0.6) is 5.75 Å². The highest BCUT2D eigenvalue weighted by Gasteiger charge is 2.16. The first kappa shape index (κ1) is 19.4. The second-order valence-corrected chi connectivity index (χ2v) is 6.71. The first-order valence-electron chi connectivity index (χ1n) is 9.03. The number of carbonyl (C=O) groups excluding carboxylic acids is 1. The molecule has 0 aliphatic heterocycles. The number of amides is 1. The second kappa shape index (κ2) is 8.08. The number of hydrogen-bond donors (Lipinski definition) is 1.